The molecule has 0 aliphatic heterocycles. The van der Waals surface area contributed by atoms with Gasteiger partial charge < -0.3 is 25.2 Å². The molecule has 0 aliphatic rings. The molecule has 28 heavy (non-hydrogen) atoms. The number of hydrogen-bond acceptors (Lipinski definition) is 7. The Balaban J connectivity index is 2.13. The van der Waals surface area contributed by atoms with Crippen molar-refractivity contribution < 1.29 is 24.2 Å². The summed E-state index contributed by atoms with van der Waals surface area (Å²) in [4.78, 5) is 24.6. The lowest BCUT2D eigenvalue weighted by Gasteiger charge is -2.19. The van der Waals surface area contributed by atoms with Gasteiger partial charge in [-0.25, -0.2) is 4.79 Å². The summed E-state index contributed by atoms with van der Waals surface area (Å²) < 4.78 is 11.0. The van der Waals surface area contributed by atoms with Gasteiger partial charge in [0.15, 0.2) is 0 Å². The first kappa shape index (κ1) is 21.9. The molecule has 0 fully saturated rings. The summed E-state index contributed by atoms with van der Waals surface area (Å²) in [5.41, 5.74) is 1.28. The summed E-state index contributed by atoms with van der Waals surface area (Å²) in [5.74, 6) is -0.396. The van der Waals surface area contributed by atoms with Gasteiger partial charge in [0, 0.05) is 24.2 Å². The van der Waals surface area contributed by atoms with Crippen LogP contribution >= 0.6 is 11.3 Å². The van der Waals surface area contributed by atoms with Gasteiger partial charge in [-0.15, -0.1) is 0 Å². The van der Waals surface area contributed by atoms with Crippen LogP contribution in [0.15, 0.2) is 35.0 Å². The van der Waals surface area contributed by atoms with Crippen LogP contribution in [0.1, 0.15) is 41.5 Å². The molecule has 0 aliphatic carbocycles. The molecule has 1 amide bonds. The smallest absolute Gasteiger partial charge is 0.341 e. The van der Waals surface area contributed by atoms with Gasteiger partial charge in [0.25, 0.3) is 5.91 Å². The first-order valence-corrected chi connectivity index (χ1v) is 10.0. The van der Waals surface area contributed by atoms with Crippen molar-refractivity contribution in [3.8, 4) is 5.75 Å². The molecule has 2 rings (SSSR count). The number of aliphatic hydroxyl groups excluding tert-OH is 1. The van der Waals surface area contributed by atoms with Crippen molar-refractivity contribution in [2.45, 2.75) is 33.0 Å². The summed E-state index contributed by atoms with van der Waals surface area (Å²) in [5, 5.41) is 18.7. The van der Waals surface area contributed by atoms with Gasteiger partial charge in [-0.05, 0) is 50.4 Å². The number of carbonyl (C=O) groups is 2. The second kappa shape index (κ2) is 10.8. The number of hydrogen-bond donors (Lipinski definition) is 3. The number of anilines is 1. The van der Waals surface area contributed by atoms with E-state index in [4.69, 9.17) is 9.47 Å². The van der Waals surface area contributed by atoms with Gasteiger partial charge in [-0.1, -0.05) is 0 Å². The molecule has 152 valence electrons. The molecule has 2 unspecified atom stereocenters. The van der Waals surface area contributed by atoms with E-state index in [1.54, 1.807) is 43.5 Å². The van der Waals surface area contributed by atoms with Crippen LogP contribution in [-0.2, 0) is 4.74 Å². The van der Waals surface area contributed by atoms with E-state index in [9.17, 15) is 14.7 Å². The maximum absolute atomic E-state index is 12.4. The second-order valence-corrected chi connectivity index (χ2v) is 7.11. The fourth-order valence-electron chi connectivity index (χ4n) is 2.43. The van der Waals surface area contributed by atoms with Gasteiger partial charge >= 0.3 is 5.97 Å². The molecule has 0 spiro atoms. The minimum atomic E-state index is -0.520. The van der Waals surface area contributed by atoms with Crippen molar-refractivity contribution in [1.82, 2.24) is 5.32 Å². The van der Waals surface area contributed by atoms with E-state index in [1.165, 1.54) is 11.3 Å². The largest absolute Gasteiger partial charge is 0.488 e. The van der Waals surface area contributed by atoms with E-state index in [0.717, 1.165) is 0 Å². The number of esters is 1. The van der Waals surface area contributed by atoms with Gasteiger partial charge in [0.2, 0.25) is 0 Å². The maximum atomic E-state index is 12.4. The lowest BCUT2D eigenvalue weighted by Crippen LogP contribution is -2.33. The standard InChI is InChI=1S/C20H26N2O5S/c1-4-26-20(25)17-9-16(22-19(24)15-7-8-28-12-15)5-6-18(17)27-14(3)11-21-10-13(2)23/h5-9,12-14,21,23H,4,10-11H2,1-3H3,(H,22,24). The predicted octanol–water partition coefficient (Wildman–Crippen LogP) is 2.91. The number of benzene rings is 1. The zero-order chi connectivity index (χ0) is 20.5. The van der Waals surface area contributed by atoms with Gasteiger partial charge in [-0.3, -0.25) is 4.79 Å². The summed E-state index contributed by atoms with van der Waals surface area (Å²) >= 11 is 1.43. The first-order chi connectivity index (χ1) is 13.4. The highest BCUT2D eigenvalue weighted by Crippen LogP contribution is 2.25. The number of amides is 1. The lowest BCUT2D eigenvalue weighted by atomic mass is 10.1. The first-order valence-electron chi connectivity index (χ1n) is 9.10. The van der Waals surface area contributed by atoms with Gasteiger partial charge in [0.05, 0.1) is 18.3 Å². The minimum absolute atomic E-state index is 0.231. The number of thiophene rings is 1. The second-order valence-electron chi connectivity index (χ2n) is 6.33. The Bertz CT molecular complexity index is 777. The molecule has 0 radical (unpaired) electrons. The third-order valence-electron chi connectivity index (χ3n) is 3.72. The van der Waals surface area contributed by atoms with Gasteiger partial charge in [-0.2, -0.15) is 11.3 Å². The maximum Gasteiger partial charge on any atom is 0.341 e. The van der Waals surface area contributed by atoms with Crippen LogP contribution in [0, 0.1) is 0 Å². The zero-order valence-electron chi connectivity index (χ0n) is 16.2. The van der Waals surface area contributed by atoms with E-state index in [-0.39, 0.29) is 24.2 Å². The highest BCUT2D eigenvalue weighted by Gasteiger charge is 2.18. The third kappa shape index (κ3) is 6.63. The van der Waals surface area contributed by atoms with E-state index >= 15 is 0 Å². The molecule has 0 bridgehead atoms. The number of rotatable bonds is 10. The fraction of sp³-hybridized carbons (Fsp3) is 0.400. The Morgan fingerprint density at radius 2 is 2.00 bits per heavy atom. The molecule has 0 saturated carbocycles. The fourth-order valence-corrected chi connectivity index (χ4v) is 3.07. The summed E-state index contributed by atoms with van der Waals surface area (Å²) in [6.07, 6.45) is -0.688. The Labute approximate surface area is 168 Å². The number of ether oxygens (including phenoxy) is 2. The molecule has 7 nitrogen and oxygen atoms in total. The summed E-state index contributed by atoms with van der Waals surface area (Å²) in [6, 6.07) is 6.60. The highest BCUT2D eigenvalue weighted by molar-refractivity contribution is 7.08. The van der Waals surface area contributed by atoms with Crippen LogP contribution in [-0.4, -0.2) is 48.9 Å². The molecule has 1 aromatic carbocycles. The van der Waals surface area contributed by atoms with Gasteiger partial charge in [0.1, 0.15) is 17.4 Å². The van der Waals surface area contributed by atoms with Crippen molar-refractivity contribution in [3.63, 3.8) is 0 Å². The van der Waals surface area contributed by atoms with E-state index in [2.05, 4.69) is 10.6 Å². The number of aliphatic hydroxyl groups is 1. The van der Waals surface area contributed by atoms with Crippen LogP contribution in [0.3, 0.4) is 0 Å². The van der Waals surface area contributed by atoms with Crippen LogP contribution in [0.5, 0.6) is 5.75 Å². The molecular weight excluding hydrogens is 380 g/mol. The predicted molar refractivity (Wildman–Crippen MR) is 109 cm³/mol. The van der Waals surface area contributed by atoms with Crippen molar-refractivity contribution >= 4 is 28.9 Å². The zero-order valence-corrected chi connectivity index (χ0v) is 17.0. The summed E-state index contributed by atoms with van der Waals surface area (Å²) in [7, 11) is 0. The Kier molecular flexibility index (Phi) is 8.43. The number of carbonyl (C=O) groups excluding carboxylic acids is 2. The lowest BCUT2D eigenvalue weighted by molar-refractivity contribution is 0.0519. The molecule has 1 heterocycles. The normalized spacial score (nSPS) is 12.9. The van der Waals surface area contributed by atoms with E-state index < -0.39 is 12.1 Å². The van der Waals surface area contributed by atoms with E-state index in [0.29, 0.717) is 30.1 Å². The average molecular weight is 407 g/mol. The molecule has 3 N–H and O–H groups in total. The SMILES string of the molecule is CCOC(=O)c1cc(NC(=O)c2ccsc2)ccc1OC(C)CNCC(C)O. The molecular formula is C20H26N2O5S. The molecule has 8 heteroatoms. The van der Waals surface area contributed by atoms with Crippen LogP contribution in [0.2, 0.25) is 0 Å². The number of nitrogens with one attached hydrogen (secondary N) is 2. The third-order valence-corrected chi connectivity index (χ3v) is 4.40. The Hall–Kier alpha value is -2.42. The quantitative estimate of drug-likeness (QED) is 0.525. The molecule has 2 aromatic rings. The highest BCUT2D eigenvalue weighted by atomic mass is 32.1. The summed E-state index contributed by atoms with van der Waals surface area (Å²) in [6.45, 7) is 6.46. The average Bonchev–Trinajstić information content (AvgIpc) is 3.17. The van der Waals surface area contributed by atoms with Crippen molar-refractivity contribution in [2.75, 3.05) is 25.0 Å². The monoisotopic (exact) mass is 406 g/mol. The van der Waals surface area contributed by atoms with Crippen molar-refractivity contribution in [2.24, 2.45) is 0 Å². The van der Waals surface area contributed by atoms with Crippen molar-refractivity contribution in [1.29, 1.82) is 0 Å². The van der Waals surface area contributed by atoms with Crippen LogP contribution in [0.4, 0.5) is 5.69 Å². The van der Waals surface area contributed by atoms with Crippen LogP contribution in [0.25, 0.3) is 0 Å². The Morgan fingerprint density at radius 1 is 1.21 bits per heavy atom. The molecule has 1 aromatic heterocycles. The Morgan fingerprint density at radius 3 is 2.64 bits per heavy atom. The van der Waals surface area contributed by atoms with Crippen molar-refractivity contribution in [3.05, 3.63) is 46.2 Å². The minimum Gasteiger partial charge on any atom is -0.488 e. The molecule has 2 atom stereocenters. The van der Waals surface area contributed by atoms with E-state index in [1.807, 2.05) is 12.3 Å². The topological polar surface area (TPSA) is 96.9 Å². The van der Waals surface area contributed by atoms with Crippen LogP contribution < -0.4 is 15.4 Å². The molecule has 0 saturated heterocycles.